The molecular weight excluding hydrogens is 471 g/mol. The molecule has 0 aliphatic heterocycles. The minimum atomic E-state index is -2.29. The first-order valence-corrected chi connectivity index (χ1v) is 10.7. The van der Waals surface area contributed by atoms with E-state index in [9.17, 15) is 0 Å². The molecule has 4 aromatic rings. The van der Waals surface area contributed by atoms with Gasteiger partial charge in [0.05, 0.1) is 0 Å². The zero-order chi connectivity index (χ0) is 17.1. The zero-order valence-corrected chi connectivity index (χ0v) is 20.9. The van der Waals surface area contributed by atoms with Crippen LogP contribution in [0.15, 0.2) is 109 Å². The maximum Gasteiger partial charge on any atom is 4.00 e. The van der Waals surface area contributed by atoms with Crippen molar-refractivity contribution in [2.45, 2.75) is 6.92 Å². The molecule has 0 N–H and O–H groups in total. The van der Waals surface area contributed by atoms with Crippen LogP contribution in [0.3, 0.4) is 0 Å². The predicted octanol–water partition coefficient (Wildman–Crippen LogP) is -5.90. The number of hydrogen-bond donors (Lipinski definition) is 0. The summed E-state index contributed by atoms with van der Waals surface area (Å²) in [5.41, 5.74) is 1.38. The third-order valence-corrected chi connectivity index (χ3v) is 10.0. The molecule has 4 aromatic carbocycles. The summed E-state index contributed by atoms with van der Waals surface area (Å²) in [6, 6.07) is 39.9. The molecule has 0 amide bonds. The molecule has 0 saturated heterocycles. The van der Waals surface area contributed by atoms with Crippen LogP contribution in [0.5, 0.6) is 0 Å². The quantitative estimate of drug-likeness (QED) is 0.152. The molecule has 0 unspecified atom stereocenters. The molecule has 0 aliphatic rings. The Balaban J connectivity index is 0.00000196. The summed E-state index contributed by atoms with van der Waals surface area (Å²) >= 11 is 0. The molecular formula is C24H21Cl3SiTi. The fourth-order valence-corrected chi connectivity index (χ4v) is 8.99. The molecule has 0 saturated carbocycles. The molecule has 0 radical (unpaired) electrons. The van der Waals surface area contributed by atoms with Crippen LogP contribution >= 0.6 is 0 Å². The fourth-order valence-electron chi connectivity index (χ4n) is 3.96. The summed E-state index contributed by atoms with van der Waals surface area (Å²) in [5, 5.41) is 5.78. The molecule has 29 heavy (non-hydrogen) atoms. The van der Waals surface area contributed by atoms with Gasteiger partial charge in [-0.15, -0.1) is 5.19 Å². The van der Waals surface area contributed by atoms with E-state index in [0.717, 1.165) is 0 Å². The van der Waals surface area contributed by atoms with Crippen molar-refractivity contribution >= 4 is 28.8 Å². The average Bonchev–Trinajstić information content (AvgIpc) is 3.12. The first-order chi connectivity index (χ1) is 12.3. The second-order valence-corrected chi connectivity index (χ2v) is 10.2. The standard InChI is InChI=1S/C24H21Si.3ClH.Ti/c1-20-12-11-19-24(20)25(21-13-5-2-6-14-21,22-15-7-3-8-16-22)23-17-9-4-10-18-23;;;;/h2-19H,1H3;3*1H;/q-1;;;;+4/p-3. The third kappa shape index (κ3) is 5.11. The van der Waals surface area contributed by atoms with Crippen molar-refractivity contribution in [3.63, 3.8) is 0 Å². The Morgan fingerprint density at radius 3 is 1.14 bits per heavy atom. The summed E-state index contributed by atoms with van der Waals surface area (Å²) in [5.74, 6) is 0. The second-order valence-electron chi connectivity index (χ2n) is 6.47. The van der Waals surface area contributed by atoms with Gasteiger partial charge in [-0.3, -0.25) is 0 Å². The first kappa shape index (κ1) is 27.8. The van der Waals surface area contributed by atoms with Crippen molar-refractivity contribution in [3.8, 4) is 0 Å². The van der Waals surface area contributed by atoms with Gasteiger partial charge in [-0.2, -0.15) is 11.6 Å². The summed E-state index contributed by atoms with van der Waals surface area (Å²) in [4.78, 5) is 0. The smallest absolute Gasteiger partial charge is 1.00 e. The Morgan fingerprint density at radius 2 is 0.862 bits per heavy atom. The molecule has 0 aliphatic carbocycles. The van der Waals surface area contributed by atoms with E-state index >= 15 is 0 Å². The van der Waals surface area contributed by atoms with Gasteiger partial charge in [0.15, 0.2) is 0 Å². The van der Waals surface area contributed by atoms with Crippen LogP contribution in [0.4, 0.5) is 0 Å². The van der Waals surface area contributed by atoms with E-state index in [2.05, 4.69) is 116 Å². The topological polar surface area (TPSA) is 0 Å². The zero-order valence-electron chi connectivity index (χ0n) is 16.0. The third-order valence-electron chi connectivity index (χ3n) is 5.06. The molecule has 4 rings (SSSR count). The minimum Gasteiger partial charge on any atom is -1.00 e. The van der Waals surface area contributed by atoms with Crippen molar-refractivity contribution in [1.82, 2.24) is 0 Å². The molecule has 146 valence electrons. The molecule has 0 spiro atoms. The molecule has 0 heterocycles. The van der Waals surface area contributed by atoms with Crippen LogP contribution in [-0.4, -0.2) is 8.07 Å². The largest absolute Gasteiger partial charge is 4.00 e. The molecule has 0 nitrogen and oxygen atoms in total. The monoisotopic (exact) mass is 490 g/mol. The SMILES string of the molecule is Cc1ccc[c-]1[Si](c1ccccc1)(c1ccccc1)c1ccccc1.[Cl-].[Cl-].[Cl-].[Ti+4]. The summed E-state index contributed by atoms with van der Waals surface area (Å²) in [7, 11) is -2.29. The van der Waals surface area contributed by atoms with Crippen molar-refractivity contribution < 1.29 is 58.9 Å². The summed E-state index contributed by atoms with van der Waals surface area (Å²) < 4.78 is 0. The maximum absolute atomic E-state index is 2.33. The van der Waals surface area contributed by atoms with Gasteiger partial charge in [-0.1, -0.05) is 113 Å². The number of hydrogen-bond acceptors (Lipinski definition) is 0. The number of halogens is 3. The maximum atomic E-state index is 2.33. The van der Waals surface area contributed by atoms with E-state index in [4.69, 9.17) is 0 Å². The van der Waals surface area contributed by atoms with E-state index in [1.807, 2.05) is 0 Å². The van der Waals surface area contributed by atoms with E-state index in [-0.39, 0.29) is 58.9 Å². The normalized spacial score (nSPS) is 9.83. The van der Waals surface area contributed by atoms with Crippen molar-refractivity contribution in [1.29, 1.82) is 0 Å². The molecule has 5 heteroatoms. The molecule has 0 bridgehead atoms. The van der Waals surface area contributed by atoms with Gasteiger partial charge in [-0.05, 0) is 0 Å². The molecule has 0 fully saturated rings. The average molecular weight is 492 g/mol. The van der Waals surface area contributed by atoms with Gasteiger partial charge in [0.25, 0.3) is 0 Å². The fraction of sp³-hybridized carbons (Fsp3) is 0.0417. The van der Waals surface area contributed by atoms with Gasteiger partial charge < -0.3 is 37.2 Å². The number of benzene rings is 3. The second kappa shape index (κ2) is 12.5. The predicted molar refractivity (Wildman–Crippen MR) is 110 cm³/mol. The van der Waals surface area contributed by atoms with Gasteiger partial charge in [0.2, 0.25) is 0 Å². The van der Waals surface area contributed by atoms with Crippen LogP contribution in [-0.2, 0) is 21.7 Å². The molecule has 0 atom stereocenters. The van der Waals surface area contributed by atoms with Gasteiger partial charge in [0, 0.05) is 0 Å². The summed E-state index contributed by atoms with van der Waals surface area (Å²) in [6.45, 7) is 2.24. The number of aryl methyl sites for hydroxylation is 1. The minimum absolute atomic E-state index is 0. The van der Waals surface area contributed by atoms with E-state index in [0.29, 0.717) is 0 Å². The summed E-state index contributed by atoms with van der Waals surface area (Å²) in [6.07, 6.45) is 0. The Hall–Kier alpha value is -1.19. The van der Waals surface area contributed by atoms with Crippen LogP contribution in [0.1, 0.15) is 5.56 Å². The van der Waals surface area contributed by atoms with Crippen LogP contribution < -0.4 is 58.0 Å². The van der Waals surface area contributed by atoms with Crippen molar-refractivity contribution in [3.05, 3.63) is 115 Å². The van der Waals surface area contributed by atoms with E-state index in [1.165, 1.54) is 26.3 Å². The van der Waals surface area contributed by atoms with Gasteiger partial charge >= 0.3 is 21.7 Å². The first-order valence-electron chi connectivity index (χ1n) is 8.73. The molecule has 0 aromatic heterocycles. The van der Waals surface area contributed by atoms with Gasteiger partial charge in [0.1, 0.15) is 8.07 Å². The van der Waals surface area contributed by atoms with Crippen molar-refractivity contribution in [2.75, 3.05) is 0 Å². The Morgan fingerprint density at radius 1 is 0.517 bits per heavy atom. The van der Waals surface area contributed by atoms with Crippen LogP contribution in [0.25, 0.3) is 0 Å². The van der Waals surface area contributed by atoms with E-state index < -0.39 is 8.07 Å². The Labute approximate surface area is 208 Å². The van der Waals surface area contributed by atoms with Gasteiger partial charge in [-0.25, -0.2) is 12.1 Å². The van der Waals surface area contributed by atoms with E-state index in [1.54, 1.807) is 0 Å². The number of rotatable bonds is 4. The van der Waals surface area contributed by atoms with Crippen LogP contribution in [0, 0.1) is 6.92 Å². The van der Waals surface area contributed by atoms with Crippen molar-refractivity contribution in [2.24, 2.45) is 0 Å². The Bertz CT molecular complexity index is 860. The Kier molecular flexibility index (Phi) is 12.0. The van der Waals surface area contributed by atoms with Crippen LogP contribution in [0.2, 0.25) is 0 Å².